The van der Waals surface area contributed by atoms with Gasteiger partial charge in [-0.2, -0.15) is 0 Å². The Morgan fingerprint density at radius 2 is 1.71 bits per heavy atom. The van der Waals surface area contributed by atoms with Crippen LogP contribution in [0.1, 0.15) is 34.6 Å². The highest BCUT2D eigenvalue weighted by molar-refractivity contribution is 5.86. The van der Waals surface area contributed by atoms with Gasteiger partial charge in [-0.1, -0.05) is 78.4 Å². The lowest BCUT2D eigenvalue weighted by molar-refractivity contribution is -0.118. The molecule has 0 saturated heterocycles. The summed E-state index contributed by atoms with van der Waals surface area (Å²) in [5.41, 5.74) is 11.5. The third kappa shape index (κ3) is 3.70. The van der Waals surface area contributed by atoms with Crippen molar-refractivity contribution in [2.45, 2.75) is 25.8 Å². The van der Waals surface area contributed by atoms with Gasteiger partial charge in [0.1, 0.15) is 0 Å². The van der Waals surface area contributed by atoms with E-state index in [1.165, 1.54) is 22.0 Å². The lowest BCUT2D eigenvalue weighted by Crippen LogP contribution is -2.16. The highest BCUT2D eigenvalue weighted by Crippen LogP contribution is 2.35. The Labute approximate surface area is 165 Å². The van der Waals surface area contributed by atoms with Gasteiger partial charge in [0.05, 0.1) is 0 Å². The summed E-state index contributed by atoms with van der Waals surface area (Å²) in [6, 6.07) is 27.2. The molecule has 2 N–H and O–H groups in total. The Bertz CT molecular complexity index is 1110. The van der Waals surface area contributed by atoms with Gasteiger partial charge in [0.25, 0.3) is 0 Å². The number of hydrogen-bond donors (Lipinski definition) is 1. The average molecular weight is 368 g/mol. The van der Waals surface area contributed by atoms with E-state index in [4.69, 9.17) is 5.73 Å². The number of aryl methyl sites for hydroxylation is 1. The number of aromatic nitrogens is 1. The summed E-state index contributed by atoms with van der Waals surface area (Å²) in [5, 5.41) is 1.17. The molecule has 0 spiro atoms. The lowest BCUT2D eigenvalue weighted by Gasteiger charge is -2.16. The molecule has 0 aliphatic carbocycles. The zero-order valence-electron chi connectivity index (χ0n) is 16.0. The molecule has 0 aliphatic rings. The van der Waals surface area contributed by atoms with Gasteiger partial charge in [-0.25, -0.2) is 0 Å². The van der Waals surface area contributed by atoms with Crippen molar-refractivity contribution < 1.29 is 4.79 Å². The molecule has 3 heteroatoms. The van der Waals surface area contributed by atoms with Gasteiger partial charge in [-0.3, -0.25) is 4.79 Å². The number of hydrogen-bond acceptors (Lipinski definition) is 1. The minimum absolute atomic E-state index is 0.0562. The largest absolute Gasteiger partial charge is 0.370 e. The summed E-state index contributed by atoms with van der Waals surface area (Å²) in [4.78, 5) is 11.9. The van der Waals surface area contributed by atoms with Gasteiger partial charge in [0.15, 0.2) is 0 Å². The van der Waals surface area contributed by atoms with E-state index in [2.05, 4.69) is 84.4 Å². The monoisotopic (exact) mass is 368 g/mol. The lowest BCUT2D eigenvalue weighted by atomic mass is 9.87. The zero-order chi connectivity index (χ0) is 19.5. The van der Waals surface area contributed by atoms with Crippen LogP contribution < -0.4 is 5.73 Å². The SMILES string of the molecule is Cc1cccc(C(CC(N)=O)c2cn(Cc3ccccc3)c3ccccc23)c1. The fraction of sp³-hybridized carbons (Fsp3) is 0.160. The predicted molar refractivity (Wildman–Crippen MR) is 114 cm³/mol. The Hall–Kier alpha value is -3.33. The van der Waals surface area contributed by atoms with Crippen molar-refractivity contribution in [2.24, 2.45) is 5.73 Å². The number of carbonyl (C=O) groups is 1. The first-order valence-corrected chi connectivity index (χ1v) is 9.58. The first-order chi connectivity index (χ1) is 13.6. The molecule has 0 saturated carbocycles. The highest BCUT2D eigenvalue weighted by atomic mass is 16.1. The molecular weight excluding hydrogens is 344 g/mol. The zero-order valence-corrected chi connectivity index (χ0v) is 16.0. The minimum Gasteiger partial charge on any atom is -0.370 e. The number of amides is 1. The number of carbonyl (C=O) groups excluding carboxylic acids is 1. The molecule has 0 aliphatic heterocycles. The number of nitrogens with two attached hydrogens (primary N) is 1. The molecule has 1 atom stereocenters. The summed E-state index contributed by atoms with van der Waals surface area (Å²) < 4.78 is 2.27. The maximum absolute atomic E-state index is 11.9. The standard InChI is InChI=1S/C25H24N2O/c1-18-8-7-11-20(14-18)22(15-25(26)28)23-17-27(16-19-9-3-2-4-10-19)24-13-6-5-12-21(23)24/h2-14,17,22H,15-16H2,1H3,(H2,26,28). The fourth-order valence-electron chi connectivity index (χ4n) is 3.96. The molecular formula is C25H24N2O. The molecule has 140 valence electrons. The Balaban J connectivity index is 1.84. The van der Waals surface area contributed by atoms with Crippen molar-refractivity contribution in [3.05, 3.63) is 107 Å². The van der Waals surface area contributed by atoms with E-state index in [9.17, 15) is 4.79 Å². The number of nitrogens with zero attached hydrogens (tertiary/aromatic N) is 1. The normalized spacial score (nSPS) is 12.2. The molecule has 1 heterocycles. The van der Waals surface area contributed by atoms with Crippen LogP contribution in [0, 0.1) is 6.92 Å². The van der Waals surface area contributed by atoms with E-state index < -0.39 is 0 Å². The van der Waals surface area contributed by atoms with Crippen LogP contribution in [0.4, 0.5) is 0 Å². The third-order valence-corrected chi connectivity index (χ3v) is 5.24. The van der Waals surface area contributed by atoms with Crippen LogP contribution in [-0.2, 0) is 11.3 Å². The fourth-order valence-corrected chi connectivity index (χ4v) is 3.96. The molecule has 0 bridgehead atoms. The van der Waals surface area contributed by atoms with Crippen molar-refractivity contribution in [1.82, 2.24) is 4.57 Å². The number of para-hydroxylation sites is 1. The molecule has 4 rings (SSSR count). The van der Waals surface area contributed by atoms with Crippen LogP contribution in [0.3, 0.4) is 0 Å². The number of fused-ring (bicyclic) bond motifs is 1. The van der Waals surface area contributed by atoms with E-state index in [1.54, 1.807) is 0 Å². The van der Waals surface area contributed by atoms with Crippen molar-refractivity contribution in [3.63, 3.8) is 0 Å². The van der Waals surface area contributed by atoms with Gasteiger partial charge in [-0.05, 0) is 29.7 Å². The van der Waals surface area contributed by atoms with E-state index in [0.29, 0.717) is 6.42 Å². The van der Waals surface area contributed by atoms with E-state index in [0.717, 1.165) is 17.7 Å². The molecule has 1 amide bonds. The van der Waals surface area contributed by atoms with Gasteiger partial charge >= 0.3 is 0 Å². The molecule has 3 nitrogen and oxygen atoms in total. The second-order valence-electron chi connectivity index (χ2n) is 7.35. The Kier molecular flexibility index (Phi) is 4.98. The Morgan fingerprint density at radius 1 is 0.964 bits per heavy atom. The van der Waals surface area contributed by atoms with Crippen molar-refractivity contribution in [1.29, 1.82) is 0 Å². The molecule has 1 aromatic heterocycles. The van der Waals surface area contributed by atoms with Gasteiger partial charge in [0.2, 0.25) is 5.91 Å². The van der Waals surface area contributed by atoms with Gasteiger partial charge in [-0.15, -0.1) is 0 Å². The van der Waals surface area contributed by atoms with E-state index >= 15 is 0 Å². The van der Waals surface area contributed by atoms with Crippen molar-refractivity contribution in [2.75, 3.05) is 0 Å². The van der Waals surface area contributed by atoms with E-state index in [-0.39, 0.29) is 11.8 Å². The molecule has 0 fully saturated rings. The molecule has 1 unspecified atom stereocenters. The van der Waals surface area contributed by atoms with Crippen LogP contribution in [0.25, 0.3) is 10.9 Å². The molecule has 4 aromatic rings. The summed E-state index contributed by atoms with van der Waals surface area (Å²) >= 11 is 0. The number of benzene rings is 3. The second-order valence-corrected chi connectivity index (χ2v) is 7.35. The second kappa shape index (κ2) is 7.73. The van der Waals surface area contributed by atoms with Crippen LogP contribution in [0.2, 0.25) is 0 Å². The first kappa shape index (κ1) is 18.1. The smallest absolute Gasteiger partial charge is 0.218 e. The van der Waals surface area contributed by atoms with Crippen LogP contribution in [-0.4, -0.2) is 10.5 Å². The topological polar surface area (TPSA) is 48.0 Å². The summed E-state index contributed by atoms with van der Waals surface area (Å²) in [7, 11) is 0. The maximum Gasteiger partial charge on any atom is 0.218 e. The quantitative estimate of drug-likeness (QED) is 0.511. The predicted octanol–water partition coefficient (Wildman–Crippen LogP) is 5.01. The van der Waals surface area contributed by atoms with Gasteiger partial charge in [0, 0.05) is 36.0 Å². The minimum atomic E-state index is -0.286. The summed E-state index contributed by atoms with van der Waals surface area (Å²) in [6.07, 6.45) is 2.48. The molecule has 3 aromatic carbocycles. The third-order valence-electron chi connectivity index (χ3n) is 5.24. The number of primary amides is 1. The van der Waals surface area contributed by atoms with Crippen LogP contribution >= 0.6 is 0 Å². The highest BCUT2D eigenvalue weighted by Gasteiger charge is 2.22. The maximum atomic E-state index is 11.9. The molecule has 0 radical (unpaired) electrons. The Morgan fingerprint density at radius 3 is 2.46 bits per heavy atom. The van der Waals surface area contributed by atoms with Crippen molar-refractivity contribution >= 4 is 16.8 Å². The summed E-state index contributed by atoms with van der Waals surface area (Å²) in [5.74, 6) is -0.342. The molecule has 28 heavy (non-hydrogen) atoms. The van der Waals surface area contributed by atoms with E-state index in [1.807, 2.05) is 12.1 Å². The summed E-state index contributed by atoms with van der Waals surface area (Å²) in [6.45, 7) is 2.86. The van der Waals surface area contributed by atoms with Crippen LogP contribution in [0.5, 0.6) is 0 Å². The van der Waals surface area contributed by atoms with Crippen LogP contribution in [0.15, 0.2) is 85.1 Å². The first-order valence-electron chi connectivity index (χ1n) is 9.58. The van der Waals surface area contributed by atoms with Gasteiger partial charge < -0.3 is 10.3 Å². The number of rotatable bonds is 6. The van der Waals surface area contributed by atoms with Crippen molar-refractivity contribution in [3.8, 4) is 0 Å². The average Bonchev–Trinajstić information content (AvgIpc) is 3.05.